The van der Waals surface area contributed by atoms with Crippen LogP contribution in [-0.4, -0.2) is 55.2 Å². The van der Waals surface area contributed by atoms with E-state index in [0.717, 1.165) is 23.1 Å². The van der Waals surface area contributed by atoms with Crippen LogP contribution in [0.4, 0.5) is 18.9 Å². The summed E-state index contributed by atoms with van der Waals surface area (Å²) in [6.07, 6.45) is -4.40. The number of para-hydroxylation sites is 1. The van der Waals surface area contributed by atoms with Crippen molar-refractivity contribution in [2.75, 3.05) is 44.3 Å². The molecule has 0 spiro atoms. The van der Waals surface area contributed by atoms with Gasteiger partial charge in [0, 0.05) is 42.8 Å². The molecule has 194 valence electrons. The number of aromatic nitrogens is 1. The Hall–Kier alpha value is -4.27. The third kappa shape index (κ3) is 4.60. The predicted octanol–water partition coefficient (Wildman–Crippen LogP) is 5.65. The lowest BCUT2D eigenvalue weighted by Crippen LogP contribution is -2.48. The van der Waals surface area contributed by atoms with Gasteiger partial charge in [0.15, 0.2) is 11.5 Å². The Bertz CT molecular complexity index is 1510. The number of piperazine rings is 1. The number of hydrogen-bond acceptors (Lipinski definition) is 5. The number of hydrogen-bond donors (Lipinski definition) is 0. The van der Waals surface area contributed by atoms with E-state index >= 15 is 0 Å². The van der Waals surface area contributed by atoms with Gasteiger partial charge in [0.2, 0.25) is 0 Å². The molecule has 9 heteroatoms. The summed E-state index contributed by atoms with van der Waals surface area (Å²) in [5.74, 6) is 1.18. The summed E-state index contributed by atoms with van der Waals surface area (Å²) in [5.41, 5.74) is 2.51. The summed E-state index contributed by atoms with van der Waals surface area (Å²) in [5, 5.41) is 0.749. The number of carbonyl (C=O) groups excluding carboxylic acids is 1. The number of amides is 1. The van der Waals surface area contributed by atoms with E-state index < -0.39 is 11.7 Å². The van der Waals surface area contributed by atoms with Crippen LogP contribution in [0.15, 0.2) is 72.8 Å². The minimum Gasteiger partial charge on any atom is -0.486 e. The zero-order valence-corrected chi connectivity index (χ0v) is 20.4. The van der Waals surface area contributed by atoms with Crippen molar-refractivity contribution >= 4 is 22.5 Å². The first-order chi connectivity index (χ1) is 18.4. The second kappa shape index (κ2) is 9.55. The van der Waals surface area contributed by atoms with Gasteiger partial charge in [0.05, 0.1) is 22.3 Å². The van der Waals surface area contributed by atoms with Crippen molar-refractivity contribution in [2.24, 2.45) is 0 Å². The van der Waals surface area contributed by atoms with Crippen LogP contribution in [0.1, 0.15) is 15.9 Å². The van der Waals surface area contributed by atoms with E-state index in [4.69, 9.17) is 14.5 Å². The smallest absolute Gasteiger partial charge is 0.416 e. The van der Waals surface area contributed by atoms with Gasteiger partial charge >= 0.3 is 6.18 Å². The van der Waals surface area contributed by atoms with Crippen molar-refractivity contribution < 1.29 is 27.4 Å². The summed E-state index contributed by atoms with van der Waals surface area (Å²) in [6.45, 7) is 2.63. The van der Waals surface area contributed by atoms with E-state index in [1.807, 2.05) is 47.4 Å². The van der Waals surface area contributed by atoms with Gasteiger partial charge in [-0.05, 0) is 48.5 Å². The molecular weight excluding hydrogens is 495 g/mol. The Morgan fingerprint density at radius 2 is 1.58 bits per heavy atom. The molecule has 3 heterocycles. The van der Waals surface area contributed by atoms with Gasteiger partial charge in [-0.2, -0.15) is 13.2 Å². The maximum Gasteiger partial charge on any atom is 0.416 e. The zero-order valence-electron chi connectivity index (χ0n) is 20.4. The van der Waals surface area contributed by atoms with Gasteiger partial charge in [-0.15, -0.1) is 0 Å². The molecule has 0 atom stereocenters. The van der Waals surface area contributed by atoms with E-state index in [0.29, 0.717) is 73.4 Å². The van der Waals surface area contributed by atoms with Crippen LogP contribution in [0.2, 0.25) is 0 Å². The summed E-state index contributed by atoms with van der Waals surface area (Å²) >= 11 is 0. The Balaban J connectivity index is 1.27. The van der Waals surface area contributed by atoms with Crippen molar-refractivity contribution in [3.8, 4) is 22.8 Å². The minimum absolute atomic E-state index is 0.133. The molecule has 6 nitrogen and oxygen atoms in total. The SMILES string of the molecule is O=C(c1cc(-c2ccc3c(c2)OCCO3)nc2ccccc12)N1CCN(c2cccc(C(F)(F)F)c2)CC1. The highest BCUT2D eigenvalue weighted by atomic mass is 19.4. The van der Waals surface area contributed by atoms with E-state index in [9.17, 15) is 18.0 Å². The standard InChI is InChI=1S/C29H24F3N3O3/c30-29(31,32)20-4-3-5-21(17-20)34-10-12-35(13-11-34)28(36)23-18-25(33-24-7-2-1-6-22(23)24)19-8-9-26-27(16-19)38-15-14-37-26/h1-9,16-18H,10-15H2. The Labute approximate surface area is 217 Å². The van der Waals surface area contributed by atoms with Crippen molar-refractivity contribution in [2.45, 2.75) is 6.18 Å². The second-order valence-electron chi connectivity index (χ2n) is 9.26. The zero-order chi connectivity index (χ0) is 26.3. The lowest BCUT2D eigenvalue weighted by atomic mass is 10.0. The molecule has 0 unspecified atom stereocenters. The lowest BCUT2D eigenvalue weighted by Gasteiger charge is -2.36. The third-order valence-corrected chi connectivity index (χ3v) is 6.89. The first-order valence-electron chi connectivity index (χ1n) is 12.4. The average molecular weight is 520 g/mol. The molecule has 0 saturated carbocycles. The quantitative estimate of drug-likeness (QED) is 0.350. The normalized spacial score (nSPS) is 15.6. The molecule has 38 heavy (non-hydrogen) atoms. The molecule has 3 aromatic carbocycles. The van der Waals surface area contributed by atoms with Gasteiger partial charge < -0.3 is 19.3 Å². The number of nitrogens with zero attached hydrogens (tertiary/aromatic N) is 3. The maximum absolute atomic E-state index is 13.7. The molecule has 1 aromatic heterocycles. The van der Waals surface area contributed by atoms with Crippen molar-refractivity contribution in [3.63, 3.8) is 0 Å². The fourth-order valence-electron chi connectivity index (χ4n) is 4.92. The Kier molecular flexibility index (Phi) is 6.06. The summed E-state index contributed by atoms with van der Waals surface area (Å²) in [4.78, 5) is 22.2. The first-order valence-corrected chi connectivity index (χ1v) is 12.4. The highest BCUT2D eigenvalue weighted by molar-refractivity contribution is 6.07. The molecule has 0 aliphatic carbocycles. The third-order valence-electron chi connectivity index (χ3n) is 6.89. The van der Waals surface area contributed by atoms with Crippen LogP contribution < -0.4 is 14.4 Å². The van der Waals surface area contributed by atoms with Crippen LogP contribution in [0.3, 0.4) is 0 Å². The monoisotopic (exact) mass is 519 g/mol. The fraction of sp³-hybridized carbons (Fsp3) is 0.241. The van der Waals surface area contributed by atoms with Crippen molar-refractivity contribution in [1.82, 2.24) is 9.88 Å². The fourth-order valence-corrected chi connectivity index (χ4v) is 4.92. The minimum atomic E-state index is -4.40. The molecule has 0 bridgehead atoms. The van der Waals surface area contributed by atoms with Gasteiger partial charge in [-0.3, -0.25) is 4.79 Å². The van der Waals surface area contributed by atoms with E-state index in [2.05, 4.69) is 0 Å². The van der Waals surface area contributed by atoms with Gasteiger partial charge in [-0.1, -0.05) is 24.3 Å². The summed E-state index contributed by atoms with van der Waals surface area (Å²) in [7, 11) is 0. The van der Waals surface area contributed by atoms with Gasteiger partial charge in [0.25, 0.3) is 5.91 Å². The molecule has 6 rings (SSSR count). The largest absolute Gasteiger partial charge is 0.486 e. The average Bonchev–Trinajstić information content (AvgIpc) is 2.95. The summed E-state index contributed by atoms with van der Waals surface area (Å²) < 4.78 is 50.8. The number of rotatable bonds is 3. The molecule has 0 N–H and O–H groups in total. The molecule has 0 radical (unpaired) electrons. The van der Waals surface area contributed by atoms with Crippen LogP contribution in [-0.2, 0) is 6.18 Å². The molecule has 1 amide bonds. The topological polar surface area (TPSA) is 54.9 Å². The molecule has 1 fully saturated rings. The van der Waals surface area contributed by atoms with Crippen molar-refractivity contribution in [3.05, 3.63) is 83.9 Å². The predicted molar refractivity (Wildman–Crippen MR) is 138 cm³/mol. The molecule has 2 aliphatic rings. The molecule has 2 aliphatic heterocycles. The number of alkyl halides is 3. The first kappa shape index (κ1) is 24.1. The maximum atomic E-state index is 13.7. The molecule has 1 saturated heterocycles. The van der Waals surface area contributed by atoms with Crippen LogP contribution in [0.25, 0.3) is 22.2 Å². The van der Waals surface area contributed by atoms with E-state index in [-0.39, 0.29) is 5.91 Å². The van der Waals surface area contributed by atoms with Gasteiger partial charge in [-0.25, -0.2) is 4.98 Å². The summed E-state index contributed by atoms with van der Waals surface area (Å²) in [6, 6.07) is 20.2. The second-order valence-corrected chi connectivity index (χ2v) is 9.26. The van der Waals surface area contributed by atoms with Crippen LogP contribution >= 0.6 is 0 Å². The Morgan fingerprint density at radius 3 is 2.37 bits per heavy atom. The number of carbonyl (C=O) groups is 1. The molecule has 4 aromatic rings. The van der Waals surface area contributed by atoms with E-state index in [1.54, 1.807) is 17.0 Å². The lowest BCUT2D eigenvalue weighted by molar-refractivity contribution is -0.137. The molecular formula is C29H24F3N3O3. The van der Waals surface area contributed by atoms with Crippen LogP contribution in [0, 0.1) is 0 Å². The highest BCUT2D eigenvalue weighted by Crippen LogP contribution is 2.36. The number of ether oxygens (including phenoxy) is 2. The number of fused-ring (bicyclic) bond motifs is 2. The Morgan fingerprint density at radius 1 is 0.816 bits per heavy atom. The van der Waals surface area contributed by atoms with Crippen molar-refractivity contribution in [1.29, 1.82) is 0 Å². The van der Waals surface area contributed by atoms with Gasteiger partial charge in [0.1, 0.15) is 13.2 Å². The number of halogens is 3. The number of pyridine rings is 1. The van der Waals surface area contributed by atoms with Crippen LogP contribution in [0.5, 0.6) is 11.5 Å². The number of anilines is 1. The van der Waals surface area contributed by atoms with E-state index in [1.165, 1.54) is 6.07 Å². The highest BCUT2D eigenvalue weighted by Gasteiger charge is 2.31. The number of benzene rings is 3.